The van der Waals surface area contributed by atoms with Crippen molar-refractivity contribution >= 4 is 29.5 Å². The molecule has 1 unspecified atom stereocenters. The molecule has 2 aromatic rings. The molecule has 0 saturated carbocycles. The fraction of sp³-hybridized carbons (Fsp3) is 0.500. The lowest BCUT2D eigenvalue weighted by molar-refractivity contribution is 0.0258. The van der Waals surface area contributed by atoms with Crippen molar-refractivity contribution in [3.63, 3.8) is 0 Å². The van der Waals surface area contributed by atoms with E-state index in [1.54, 1.807) is 22.9 Å². The molecule has 1 aliphatic rings. The van der Waals surface area contributed by atoms with Crippen molar-refractivity contribution in [1.82, 2.24) is 14.9 Å². The monoisotopic (exact) mass is 407 g/mol. The molecule has 1 aromatic carbocycles. The molecular weight excluding hydrogens is 382 g/mol. The van der Waals surface area contributed by atoms with E-state index in [-0.39, 0.29) is 11.3 Å². The van der Waals surface area contributed by atoms with Gasteiger partial charge in [-0.3, -0.25) is 0 Å². The highest BCUT2D eigenvalue weighted by atomic mass is 35.5. The molecule has 1 aromatic heterocycles. The summed E-state index contributed by atoms with van der Waals surface area (Å²) in [6, 6.07) is 4.06. The number of benzene rings is 1. The molecule has 0 saturated heterocycles. The molecule has 2 heterocycles. The first-order valence-corrected chi connectivity index (χ1v) is 10.4. The third-order valence-corrected chi connectivity index (χ3v) is 5.87. The van der Waals surface area contributed by atoms with E-state index < -0.39 is 5.60 Å². The molecule has 1 aliphatic heterocycles. The Hall–Kier alpha value is -1.66. The van der Waals surface area contributed by atoms with Crippen LogP contribution in [0.4, 0.5) is 4.79 Å². The zero-order valence-corrected chi connectivity index (χ0v) is 17.8. The van der Waals surface area contributed by atoms with Crippen LogP contribution in [-0.4, -0.2) is 39.7 Å². The van der Waals surface area contributed by atoms with Crippen molar-refractivity contribution in [1.29, 1.82) is 0 Å². The summed E-state index contributed by atoms with van der Waals surface area (Å²) < 4.78 is 5.55. The fourth-order valence-electron chi connectivity index (χ4n) is 3.31. The summed E-state index contributed by atoms with van der Waals surface area (Å²) in [5.41, 5.74) is 3.16. The van der Waals surface area contributed by atoms with E-state index >= 15 is 0 Å². The minimum absolute atomic E-state index is 0.159. The molecule has 0 fully saturated rings. The van der Waals surface area contributed by atoms with Gasteiger partial charge in [0, 0.05) is 35.8 Å². The summed E-state index contributed by atoms with van der Waals surface area (Å²) >= 11 is 8.24. The molecule has 146 valence electrons. The minimum atomic E-state index is -0.487. The normalized spacial score (nSPS) is 15.8. The van der Waals surface area contributed by atoms with Gasteiger partial charge in [-0.25, -0.2) is 9.78 Å². The van der Waals surface area contributed by atoms with E-state index in [2.05, 4.69) is 23.0 Å². The number of nitrogens with one attached hydrogen (secondary N) is 1. The second kappa shape index (κ2) is 8.15. The number of hydrogen-bond donors (Lipinski definition) is 1. The van der Waals surface area contributed by atoms with Crippen molar-refractivity contribution in [2.75, 3.05) is 13.1 Å². The van der Waals surface area contributed by atoms with Gasteiger partial charge in [-0.2, -0.15) is 0 Å². The summed E-state index contributed by atoms with van der Waals surface area (Å²) in [6.07, 6.45) is 4.90. The SMILES string of the molecule is CC(Sc1ncc[nH]1)c1c(Cl)ccc2c1CCN(C(=O)OC(C)(C)C)CC2. The number of aromatic nitrogens is 2. The Balaban J connectivity index is 1.81. The highest BCUT2D eigenvalue weighted by molar-refractivity contribution is 7.99. The van der Waals surface area contributed by atoms with Crippen LogP contribution in [0.3, 0.4) is 0 Å². The number of aromatic amines is 1. The molecule has 1 N–H and O–H groups in total. The first-order valence-electron chi connectivity index (χ1n) is 9.18. The molecule has 5 nitrogen and oxygen atoms in total. The Morgan fingerprint density at radius 3 is 2.74 bits per heavy atom. The molecule has 27 heavy (non-hydrogen) atoms. The second-order valence-electron chi connectivity index (χ2n) is 7.72. The van der Waals surface area contributed by atoms with Crippen molar-refractivity contribution < 1.29 is 9.53 Å². The number of fused-ring (bicyclic) bond motifs is 1. The first kappa shape index (κ1) is 20.1. The number of H-pyrrole nitrogens is 1. The van der Waals surface area contributed by atoms with Crippen LogP contribution in [0.25, 0.3) is 0 Å². The highest BCUT2D eigenvalue weighted by Gasteiger charge is 2.27. The van der Waals surface area contributed by atoms with Gasteiger partial charge in [0.15, 0.2) is 5.16 Å². The van der Waals surface area contributed by atoms with Gasteiger partial charge >= 0.3 is 6.09 Å². The van der Waals surface area contributed by atoms with Crippen LogP contribution < -0.4 is 0 Å². The van der Waals surface area contributed by atoms with Crippen molar-refractivity contribution in [2.24, 2.45) is 0 Å². The van der Waals surface area contributed by atoms with E-state index in [4.69, 9.17) is 16.3 Å². The number of rotatable bonds is 3. The van der Waals surface area contributed by atoms with Gasteiger partial charge in [0.1, 0.15) is 5.60 Å². The summed E-state index contributed by atoms with van der Waals surface area (Å²) in [7, 11) is 0. The van der Waals surface area contributed by atoms with Crippen LogP contribution in [0.15, 0.2) is 29.7 Å². The largest absolute Gasteiger partial charge is 0.444 e. The van der Waals surface area contributed by atoms with E-state index in [0.717, 1.165) is 28.6 Å². The Morgan fingerprint density at radius 2 is 2.07 bits per heavy atom. The smallest absolute Gasteiger partial charge is 0.410 e. The third-order valence-electron chi connectivity index (χ3n) is 4.50. The summed E-state index contributed by atoms with van der Waals surface area (Å²) in [5.74, 6) is 0. The van der Waals surface area contributed by atoms with Crippen LogP contribution in [0.2, 0.25) is 5.02 Å². The lowest BCUT2D eigenvalue weighted by Gasteiger charge is -2.26. The van der Waals surface area contributed by atoms with Gasteiger partial charge in [-0.05, 0) is 63.3 Å². The zero-order valence-electron chi connectivity index (χ0n) is 16.2. The molecule has 1 atom stereocenters. The summed E-state index contributed by atoms with van der Waals surface area (Å²) in [5, 5.41) is 1.80. The summed E-state index contributed by atoms with van der Waals surface area (Å²) in [6.45, 7) is 9.11. The second-order valence-corrected chi connectivity index (χ2v) is 9.46. The number of nitrogens with zero attached hydrogens (tertiary/aromatic N) is 2. The number of amides is 1. The maximum atomic E-state index is 12.5. The van der Waals surface area contributed by atoms with Crippen molar-refractivity contribution in [2.45, 2.75) is 56.5 Å². The number of carbonyl (C=O) groups excluding carboxylic acids is 1. The Kier molecular flexibility index (Phi) is 6.06. The van der Waals surface area contributed by atoms with Crippen LogP contribution in [0.1, 0.15) is 49.6 Å². The van der Waals surface area contributed by atoms with Gasteiger partial charge in [-0.15, -0.1) is 0 Å². The fourth-order valence-corrected chi connectivity index (χ4v) is 4.70. The van der Waals surface area contributed by atoms with Crippen LogP contribution in [0.5, 0.6) is 0 Å². The number of carbonyl (C=O) groups is 1. The van der Waals surface area contributed by atoms with Gasteiger partial charge in [0.2, 0.25) is 0 Å². The van der Waals surface area contributed by atoms with E-state index in [1.807, 2.05) is 33.0 Å². The molecular formula is C20H26ClN3O2S. The highest BCUT2D eigenvalue weighted by Crippen LogP contribution is 2.40. The van der Waals surface area contributed by atoms with E-state index in [9.17, 15) is 4.79 Å². The van der Waals surface area contributed by atoms with E-state index in [1.165, 1.54) is 11.1 Å². The Labute approximate surface area is 169 Å². The molecule has 7 heteroatoms. The predicted molar refractivity (Wildman–Crippen MR) is 110 cm³/mol. The van der Waals surface area contributed by atoms with Crippen molar-refractivity contribution in [3.8, 4) is 0 Å². The number of imidazole rings is 1. The molecule has 0 spiro atoms. The Morgan fingerprint density at radius 1 is 1.33 bits per heavy atom. The standard InChI is InChI=1S/C20H26ClN3O2S/c1-13(27-18-22-9-10-23-18)17-15-8-12-24(19(25)26-20(2,3)4)11-7-14(15)5-6-16(17)21/h5-6,9-10,13H,7-8,11-12H2,1-4H3,(H,22,23). The zero-order chi connectivity index (χ0) is 19.6. The molecule has 3 rings (SSSR count). The molecule has 0 radical (unpaired) electrons. The lowest BCUT2D eigenvalue weighted by atomic mass is 9.95. The predicted octanol–water partition coefficient (Wildman–Crippen LogP) is 5.25. The van der Waals surface area contributed by atoms with Crippen LogP contribution >= 0.6 is 23.4 Å². The molecule has 0 aliphatic carbocycles. The molecule has 0 bridgehead atoms. The van der Waals surface area contributed by atoms with Crippen molar-refractivity contribution in [3.05, 3.63) is 46.2 Å². The average Bonchev–Trinajstić information content (AvgIpc) is 2.97. The minimum Gasteiger partial charge on any atom is -0.444 e. The number of thioether (sulfide) groups is 1. The maximum Gasteiger partial charge on any atom is 0.410 e. The van der Waals surface area contributed by atoms with Gasteiger partial charge in [0.05, 0.1) is 0 Å². The van der Waals surface area contributed by atoms with Gasteiger partial charge in [-0.1, -0.05) is 29.4 Å². The first-order chi connectivity index (χ1) is 12.7. The third kappa shape index (κ3) is 4.99. The quantitative estimate of drug-likeness (QED) is 0.705. The number of ether oxygens (including phenoxy) is 1. The lowest BCUT2D eigenvalue weighted by Crippen LogP contribution is -2.38. The molecule has 1 amide bonds. The Bertz CT molecular complexity index is 802. The number of halogens is 1. The van der Waals surface area contributed by atoms with Gasteiger partial charge in [0.25, 0.3) is 0 Å². The average molecular weight is 408 g/mol. The van der Waals surface area contributed by atoms with E-state index in [0.29, 0.717) is 13.1 Å². The topological polar surface area (TPSA) is 58.2 Å². The van der Waals surface area contributed by atoms with Gasteiger partial charge < -0.3 is 14.6 Å². The van der Waals surface area contributed by atoms with Crippen LogP contribution in [-0.2, 0) is 17.6 Å². The van der Waals surface area contributed by atoms with Crippen LogP contribution in [0, 0.1) is 0 Å². The summed E-state index contributed by atoms with van der Waals surface area (Å²) in [4.78, 5) is 21.7. The number of hydrogen-bond acceptors (Lipinski definition) is 4. The maximum absolute atomic E-state index is 12.5.